The molecule has 0 radical (unpaired) electrons. The Bertz CT molecular complexity index is 534. The monoisotopic (exact) mass is 263 g/mol. The first kappa shape index (κ1) is 13.1. The molecule has 2 aromatic rings. The summed E-state index contributed by atoms with van der Waals surface area (Å²) in [6.45, 7) is 2.05. The van der Waals surface area contributed by atoms with Gasteiger partial charge in [0.05, 0.1) is 11.7 Å². The summed E-state index contributed by atoms with van der Waals surface area (Å²) in [5, 5.41) is 8.55. The van der Waals surface area contributed by atoms with E-state index in [0.717, 1.165) is 22.7 Å². The maximum Gasteiger partial charge on any atom is 0.0797 e. The number of nitrogens with zero attached hydrogens (tertiary/aromatic N) is 2. The van der Waals surface area contributed by atoms with Crippen molar-refractivity contribution in [3.63, 3.8) is 0 Å². The number of nitrogens with one attached hydrogen (secondary N) is 1. The van der Waals surface area contributed by atoms with Crippen LogP contribution in [0.4, 0.5) is 0 Å². The molecular weight excluding hydrogens is 246 g/mol. The number of likely N-dealkylation sites (N-methyl/N-ethyl adjacent to an activating group) is 1. The largest absolute Gasteiger partial charge is 0.311 e. The van der Waals surface area contributed by atoms with Crippen molar-refractivity contribution in [1.82, 2.24) is 15.1 Å². The summed E-state index contributed by atoms with van der Waals surface area (Å²) in [7, 11) is 3.87. The summed E-state index contributed by atoms with van der Waals surface area (Å²) in [4.78, 5) is 0. The van der Waals surface area contributed by atoms with Gasteiger partial charge in [0.1, 0.15) is 0 Å². The summed E-state index contributed by atoms with van der Waals surface area (Å²) >= 11 is 6.27. The van der Waals surface area contributed by atoms with Gasteiger partial charge >= 0.3 is 0 Å². The minimum Gasteiger partial charge on any atom is -0.311 e. The first-order valence-corrected chi connectivity index (χ1v) is 6.40. The van der Waals surface area contributed by atoms with Crippen LogP contribution < -0.4 is 5.32 Å². The lowest BCUT2D eigenvalue weighted by Gasteiger charge is -2.15. The molecular formula is C14H18ClN3. The van der Waals surface area contributed by atoms with E-state index in [4.69, 9.17) is 11.6 Å². The summed E-state index contributed by atoms with van der Waals surface area (Å²) in [6.07, 6.45) is 2.79. The summed E-state index contributed by atoms with van der Waals surface area (Å²) in [5.41, 5.74) is 3.37. The lowest BCUT2D eigenvalue weighted by molar-refractivity contribution is 0.563. The number of halogens is 1. The zero-order chi connectivity index (χ0) is 13.1. The van der Waals surface area contributed by atoms with Gasteiger partial charge < -0.3 is 5.32 Å². The average molecular weight is 264 g/mol. The first-order chi connectivity index (χ1) is 8.60. The second kappa shape index (κ2) is 5.55. The van der Waals surface area contributed by atoms with Crippen molar-refractivity contribution in [2.75, 3.05) is 7.05 Å². The fourth-order valence-corrected chi connectivity index (χ4v) is 2.32. The molecule has 1 N–H and O–H groups in total. The van der Waals surface area contributed by atoms with Crippen LogP contribution in [0.2, 0.25) is 5.02 Å². The predicted molar refractivity (Wildman–Crippen MR) is 74.9 cm³/mol. The van der Waals surface area contributed by atoms with Crippen molar-refractivity contribution in [3.8, 4) is 0 Å². The van der Waals surface area contributed by atoms with E-state index in [0.29, 0.717) is 0 Å². The Labute approximate surface area is 113 Å². The highest BCUT2D eigenvalue weighted by atomic mass is 35.5. The molecule has 0 aliphatic carbocycles. The zero-order valence-corrected chi connectivity index (χ0v) is 11.7. The Hall–Kier alpha value is -1.32. The van der Waals surface area contributed by atoms with Gasteiger partial charge in [-0.05, 0) is 43.7 Å². The Balaban J connectivity index is 2.20. The normalized spacial score (nSPS) is 12.7. The molecule has 4 heteroatoms. The molecule has 96 valence electrons. The molecule has 3 nitrogen and oxygen atoms in total. The zero-order valence-electron chi connectivity index (χ0n) is 10.9. The van der Waals surface area contributed by atoms with Crippen molar-refractivity contribution in [1.29, 1.82) is 0 Å². The Kier molecular flexibility index (Phi) is 4.04. The van der Waals surface area contributed by atoms with Crippen LogP contribution >= 0.6 is 11.6 Å². The smallest absolute Gasteiger partial charge is 0.0797 e. The van der Waals surface area contributed by atoms with Gasteiger partial charge in [-0.25, -0.2) is 0 Å². The van der Waals surface area contributed by atoms with Crippen LogP contribution in [0.25, 0.3) is 0 Å². The number of hydrogen-bond donors (Lipinski definition) is 1. The van der Waals surface area contributed by atoms with E-state index < -0.39 is 0 Å². The standard InChI is InChI=1S/C14H18ClN3/c1-10-4-5-11(12(15)8-10)9-14(16-2)13-6-7-18(3)17-13/h4-8,14,16H,9H2,1-3H3. The van der Waals surface area contributed by atoms with Crippen molar-refractivity contribution < 1.29 is 0 Å². The van der Waals surface area contributed by atoms with E-state index >= 15 is 0 Å². The highest BCUT2D eigenvalue weighted by Crippen LogP contribution is 2.23. The lowest BCUT2D eigenvalue weighted by Crippen LogP contribution is -2.19. The Morgan fingerprint density at radius 2 is 2.17 bits per heavy atom. The molecule has 0 spiro atoms. The van der Waals surface area contributed by atoms with Gasteiger partial charge in [0.15, 0.2) is 0 Å². The van der Waals surface area contributed by atoms with Crippen molar-refractivity contribution in [3.05, 3.63) is 52.3 Å². The van der Waals surface area contributed by atoms with E-state index in [1.165, 1.54) is 5.56 Å². The minimum absolute atomic E-state index is 0.186. The average Bonchev–Trinajstić information content (AvgIpc) is 2.75. The van der Waals surface area contributed by atoms with Crippen LogP contribution in [0, 0.1) is 6.92 Å². The second-order valence-electron chi connectivity index (χ2n) is 4.55. The molecule has 0 fully saturated rings. The number of hydrogen-bond acceptors (Lipinski definition) is 2. The predicted octanol–water partition coefficient (Wildman–Crippen LogP) is 2.89. The van der Waals surface area contributed by atoms with Crippen molar-refractivity contribution in [2.45, 2.75) is 19.4 Å². The van der Waals surface area contributed by atoms with Crippen molar-refractivity contribution in [2.24, 2.45) is 7.05 Å². The van der Waals surface area contributed by atoms with Gasteiger partial charge in [-0.2, -0.15) is 5.10 Å². The third kappa shape index (κ3) is 2.92. The van der Waals surface area contributed by atoms with Crippen LogP contribution in [-0.4, -0.2) is 16.8 Å². The SMILES string of the molecule is CNC(Cc1ccc(C)cc1Cl)c1ccn(C)n1. The quantitative estimate of drug-likeness (QED) is 0.919. The molecule has 0 bridgehead atoms. The fraction of sp³-hybridized carbons (Fsp3) is 0.357. The molecule has 1 unspecified atom stereocenters. The number of benzene rings is 1. The summed E-state index contributed by atoms with van der Waals surface area (Å²) in [6, 6.07) is 8.40. The molecule has 0 aliphatic heterocycles. The van der Waals surface area contributed by atoms with E-state index in [1.54, 1.807) is 0 Å². The summed E-state index contributed by atoms with van der Waals surface area (Å²) < 4.78 is 1.82. The van der Waals surface area contributed by atoms with E-state index in [-0.39, 0.29) is 6.04 Å². The topological polar surface area (TPSA) is 29.9 Å². The maximum absolute atomic E-state index is 6.27. The van der Waals surface area contributed by atoms with Crippen LogP contribution in [0.15, 0.2) is 30.5 Å². The number of rotatable bonds is 4. The van der Waals surface area contributed by atoms with Gasteiger partial charge in [-0.15, -0.1) is 0 Å². The Morgan fingerprint density at radius 3 is 2.72 bits per heavy atom. The molecule has 1 aromatic carbocycles. The third-order valence-electron chi connectivity index (χ3n) is 3.07. The van der Waals surface area contributed by atoms with E-state index in [2.05, 4.69) is 22.5 Å². The van der Waals surface area contributed by atoms with E-state index in [1.807, 2.05) is 44.0 Å². The molecule has 18 heavy (non-hydrogen) atoms. The second-order valence-corrected chi connectivity index (χ2v) is 4.96. The van der Waals surface area contributed by atoms with Gasteiger partial charge in [-0.1, -0.05) is 23.7 Å². The minimum atomic E-state index is 0.186. The lowest BCUT2D eigenvalue weighted by atomic mass is 10.0. The first-order valence-electron chi connectivity index (χ1n) is 6.02. The Morgan fingerprint density at radius 1 is 1.39 bits per heavy atom. The summed E-state index contributed by atoms with van der Waals surface area (Å²) in [5.74, 6) is 0. The van der Waals surface area contributed by atoms with Crippen LogP contribution in [-0.2, 0) is 13.5 Å². The van der Waals surface area contributed by atoms with Crippen LogP contribution in [0.3, 0.4) is 0 Å². The fourth-order valence-electron chi connectivity index (χ4n) is 2.01. The van der Waals surface area contributed by atoms with Crippen molar-refractivity contribution >= 4 is 11.6 Å². The van der Waals surface area contributed by atoms with Gasteiger partial charge in [0.25, 0.3) is 0 Å². The molecule has 0 amide bonds. The molecule has 0 saturated heterocycles. The molecule has 1 atom stereocenters. The van der Waals surface area contributed by atoms with Crippen LogP contribution in [0.1, 0.15) is 22.9 Å². The maximum atomic E-state index is 6.27. The van der Waals surface area contributed by atoms with Gasteiger partial charge in [-0.3, -0.25) is 4.68 Å². The number of aryl methyl sites for hydroxylation is 2. The van der Waals surface area contributed by atoms with Crippen LogP contribution in [0.5, 0.6) is 0 Å². The third-order valence-corrected chi connectivity index (χ3v) is 3.42. The van der Waals surface area contributed by atoms with Gasteiger partial charge in [0, 0.05) is 18.3 Å². The highest BCUT2D eigenvalue weighted by Gasteiger charge is 2.14. The van der Waals surface area contributed by atoms with Gasteiger partial charge in [0.2, 0.25) is 0 Å². The number of aromatic nitrogens is 2. The molecule has 0 saturated carbocycles. The molecule has 1 heterocycles. The molecule has 1 aromatic heterocycles. The van der Waals surface area contributed by atoms with E-state index in [9.17, 15) is 0 Å². The highest BCUT2D eigenvalue weighted by molar-refractivity contribution is 6.31. The molecule has 2 rings (SSSR count). The molecule has 0 aliphatic rings.